The molecule has 0 aliphatic carbocycles. The van der Waals surface area contributed by atoms with Crippen LogP contribution >= 0.6 is 0 Å². The van der Waals surface area contributed by atoms with Crippen molar-refractivity contribution in [3.05, 3.63) is 102 Å². The molecule has 1 heterocycles. The number of alkyl halides is 3. The first kappa shape index (κ1) is 25.5. The molecule has 10 heteroatoms. The number of phenolic OH excluding ortho intramolecular Hbond substituents is 1. The number of carbonyl (C=O) groups excluding carboxylic acids is 2. The van der Waals surface area contributed by atoms with E-state index in [4.69, 9.17) is 0 Å². The topological polar surface area (TPSA) is 107 Å². The quantitative estimate of drug-likeness (QED) is 0.216. The number of aromatic nitrogens is 2. The smallest absolute Gasteiger partial charge is 0.416 e. The lowest BCUT2D eigenvalue weighted by molar-refractivity contribution is -0.137. The van der Waals surface area contributed by atoms with Crippen molar-refractivity contribution in [1.82, 2.24) is 15.3 Å². The number of hydrogen-bond donors (Lipinski definition) is 4. The summed E-state index contributed by atoms with van der Waals surface area (Å²) in [7, 11) is 0. The van der Waals surface area contributed by atoms with Gasteiger partial charge >= 0.3 is 6.18 Å². The average Bonchev–Trinajstić information content (AvgIpc) is 3.36. The Bertz CT molecular complexity index is 1660. The van der Waals surface area contributed by atoms with Crippen LogP contribution in [-0.4, -0.2) is 33.4 Å². The van der Waals surface area contributed by atoms with Gasteiger partial charge in [0.25, 0.3) is 5.91 Å². The molecule has 4 N–H and O–H groups in total. The molecule has 0 bridgehead atoms. The molecule has 2 amide bonds. The van der Waals surface area contributed by atoms with Gasteiger partial charge in [0.05, 0.1) is 23.1 Å². The van der Waals surface area contributed by atoms with Crippen molar-refractivity contribution in [2.45, 2.75) is 6.18 Å². The molecule has 7 nitrogen and oxygen atoms in total. The Morgan fingerprint density at radius 2 is 1.56 bits per heavy atom. The van der Waals surface area contributed by atoms with E-state index in [1.165, 1.54) is 30.3 Å². The number of aromatic hydroxyl groups is 1. The predicted octanol–water partition coefficient (Wildman–Crippen LogP) is 5.99. The Morgan fingerprint density at radius 1 is 0.846 bits per heavy atom. The van der Waals surface area contributed by atoms with Gasteiger partial charge in [0, 0.05) is 16.8 Å². The van der Waals surface area contributed by atoms with Gasteiger partial charge in [-0.25, -0.2) is 4.98 Å². The van der Waals surface area contributed by atoms with E-state index in [0.717, 1.165) is 23.3 Å². The van der Waals surface area contributed by atoms with Gasteiger partial charge < -0.3 is 20.7 Å². The fourth-order valence-corrected chi connectivity index (χ4v) is 4.00. The van der Waals surface area contributed by atoms with Crippen molar-refractivity contribution >= 4 is 28.5 Å². The summed E-state index contributed by atoms with van der Waals surface area (Å²) in [6, 6.07) is 23.5. The maximum atomic E-state index is 13.0. The molecule has 5 aromatic rings. The van der Waals surface area contributed by atoms with E-state index >= 15 is 0 Å². The molecule has 0 spiro atoms. The van der Waals surface area contributed by atoms with Gasteiger partial charge in [0.15, 0.2) is 0 Å². The minimum absolute atomic E-state index is 0.0388. The van der Waals surface area contributed by atoms with Crippen LogP contribution in [0.3, 0.4) is 0 Å². The van der Waals surface area contributed by atoms with Gasteiger partial charge in [-0.05, 0) is 71.8 Å². The molecule has 1 aromatic heterocycles. The Morgan fingerprint density at radius 3 is 2.28 bits per heavy atom. The van der Waals surface area contributed by atoms with Crippen LogP contribution in [-0.2, 0) is 11.0 Å². The Hall–Kier alpha value is -5.12. The second-order valence-corrected chi connectivity index (χ2v) is 8.75. The van der Waals surface area contributed by atoms with Crippen molar-refractivity contribution in [2.24, 2.45) is 0 Å². The number of nitrogens with one attached hydrogen (secondary N) is 3. The number of amides is 2. The van der Waals surface area contributed by atoms with Gasteiger partial charge in [0.1, 0.15) is 11.6 Å². The molecular weight excluding hydrogens is 509 g/mol. The number of H-pyrrole nitrogens is 1. The number of aromatic amines is 1. The molecule has 0 radical (unpaired) electrons. The highest BCUT2D eigenvalue weighted by Gasteiger charge is 2.30. The lowest BCUT2D eigenvalue weighted by atomic mass is 10.0. The zero-order valence-corrected chi connectivity index (χ0v) is 20.2. The number of carbonyl (C=O) groups is 2. The maximum Gasteiger partial charge on any atom is 0.416 e. The number of nitrogens with zero attached hydrogens (tertiary/aromatic N) is 1. The van der Waals surface area contributed by atoms with Crippen molar-refractivity contribution in [1.29, 1.82) is 0 Å². The van der Waals surface area contributed by atoms with Crippen LogP contribution < -0.4 is 10.6 Å². The number of hydrogen-bond acceptors (Lipinski definition) is 4. The fourth-order valence-electron chi connectivity index (χ4n) is 4.00. The van der Waals surface area contributed by atoms with Gasteiger partial charge in [-0.2, -0.15) is 13.2 Å². The summed E-state index contributed by atoms with van der Waals surface area (Å²) in [6.07, 6.45) is -4.44. The SMILES string of the molecule is O=C(CNC(=O)c1ccc(O)cc1)Nc1ccc(-c2cccc(-c3nc4ccc(C(F)(F)F)cc4[nH]3)c2)cc1. The summed E-state index contributed by atoms with van der Waals surface area (Å²) in [5.41, 5.74) is 3.25. The molecule has 5 rings (SSSR count). The molecule has 4 aromatic carbocycles. The second-order valence-electron chi connectivity index (χ2n) is 8.75. The van der Waals surface area contributed by atoms with Crippen LogP contribution in [0.15, 0.2) is 91.0 Å². The highest BCUT2D eigenvalue weighted by molar-refractivity contribution is 5.99. The molecule has 0 unspecified atom stereocenters. The Kier molecular flexibility index (Phi) is 6.76. The van der Waals surface area contributed by atoms with E-state index < -0.39 is 23.6 Å². The molecular formula is C29H21F3N4O3. The van der Waals surface area contributed by atoms with Crippen molar-refractivity contribution in [3.63, 3.8) is 0 Å². The normalized spacial score (nSPS) is 11.4. The van der Waals surface area contributed by atoms with Crippen molar-refractivity contribution < 1.29 is 27.9 Å². The molecule has 0 aliphatic heterocycles. The van der Waals surface area contributed by atoms with E-state index in [1.807, 2.05) is 36.4 Å². The Balaban J connectivity index is 1.24. The number of halogens is 3. The highest BCUT2D eigenvalue weighted by Crippen LogP contribution is 2.32. The zero-order valence-electron chi connectivity index (χ0n) is 20.2. The van der Waals surface area contributed by atoms with Crippen molar-refractivity contribution in [3.8, 4) is 28.3 Å². The molecule has 0 saturated heterocycles. The highest BCUT2D eigenvalue weighted by atomic mass is 19.4. The van der Waals surface area contributed by atoms with E-state index in [9.17, 15) is 27.9 Å². The van der Waals surface area contributed by atoms with Gasteiger partial charge in [-0.15, -0.1) is 0 Å². The summed E-state index contributed by atoms with van der Waals surface area (Å²) in [6.45, 7) is -0.231. The van der Waals surface area contributed by atoms with Crippen LogP contribution in [0.5, 0.6) is 5.75 Å². The van der Waals surface area contributed by atoms with Crippen LogP contribution in [0.25, 0.3) is 33.5 Å². The third-order valence-corrected chi connectivity index (χ3v) is 5.99. The maximum absolute atomic E-state index is 13.0. The summed E-state index contributed by atoms with van der Waals surface area (Å²) in [4.78, 5) is 31.8. The summed E-state index contributed by atoms with van der Waals surface area (Å²) < 4.78 is 39.1. The number of phenols is 1. The summed E-state index contributed by atoms with van der Waals surface area (Å²) >= 11 is 0. The zero-order chi connectivity index (χ0) is 27.6. The molecule has 0 fully saturated rings. The molecule has 0 saturated carbocycles. The van der Waals surface area contributed by atoms with E-state index in [0.29, 0.717) is 33.7 Å². The Labute approximate surface area is 220 Å². The van der Waals surface area contributed by atoms with Crippen LogP contribution in [0.4, 0.5) is 18.9 Å². The average molecular weight is 531 g/mol. The standard InChI is InChI=1S/C29H21F3N4O3/c30-29(31,32)21-8-13-24-25(15-21)36-27(35-24)20-3-1-2-19(14-20)17-4-9-22(10-5-17)34-26(38)16-33-28(39)18-6-11-23(37)12-7-18/h1-15,37H,16H2,(H,33,39)(H,34,38)(H,35,36). The van der Waals surface area contributed by atoms with Crippen LogP contribution in [0.2, 0.25) is 0 Å². The molecule has 39 heavy (non-hydrogen) atoms. The first-order valence-corrected chi connectivity index (χ1v) is 11.8. The number of anilines is 1. The number of fused-ring (bicyclic) bond motifs is 1. The number of benzene rings is 4. The fraction of sp³-hybridized carbons (Fsp3) is 0.0690. The first-order chi connectivity index (χ1) is 18.7. The van der Waals surface area contributed by atoms with Gasteiger partial charge in [-0.3, -0.25) is 9.59 Å². The van der Waals surface area contributed by atoms with Gasteiger partial charge in [-0.1, -0.05) is 30.3 Å². The first-order valence-electron chi connectivity index (χ1n) is 11.8. The monoisotopic (exact) mass is 530 g/mol. The number of imidazole rings is 1. The van der Waals surface area contributed by atoms with E-state index in [2.05, 4.69) is 20.6 Å². The molecule has 196 valence electrons. The summed E-state index contributed by atoms with van der Waals surface area (Å²) in [5, 5.41) is 14.5. The van der Waals surface area contributed by atoms with Gasteiger partial charge in [0.2, 0.25) is 5.91 Å². The lowest BCUT2D eigenvalue weighted by Gasteiger charge is -2.09. The third-order valence-electron chi connectivity index (χ3n) is 5.99. The summed E-state index contributed by atoms with van der Waals surface area (Å²) in [5.74, 6) is -0.359. The minimum Gasteiger partial charge on any atom is -0.508 e. The predicted molar refractivity (Wildman–Crippen MR) is 141 cm³/mol. The van der Waals surface area contributed by atoms with Crippen molar-refractivity contribution in [2.75, 3.05) is 11.9 Å². The molecule has 0 atom stereocenters. The second kappa shape index (κ2) is 10.3. The minimum atomic E-state index is -4.44. The van der Waals surface area contributed by atoms with E-state index in [1.54, 1.807) is 12.1 Å². The largest absolute Gasteiger partial charge is 0.508 e. The number of rotatable bonds is 6. The van der Waals surface area contributed by atoms with Crippen LogP contribution in [0.1, 0.15) is 15.9 Å². The van der Waals surface area contributed by atoms with Crippen LogP contribution in [0, 0.1) is 0 Å². The third kappa shape index (κ3) is 5.90. The van der Waals surface area contributed by atoms with E-state index in [-0.39, 0.29) is 12.3 Å². The molecule has 0 aliphatic rings. The lowest BCUT2D eigenvalue weighted by Crippen LogP contribution is -2.32.